The molecule has 2 saturated heterocycles. The first-order valence-electron chi connectivity index (χ1n) is 8.99. The number of ether oxygens (including phenoxy) is 1. The van der Waals surface area contributed by atoms with Crippen LogP contribution in [0.1, 0.15) is 26.7 Å². The molecule has 3 aliphatic heterocycles. The molecule has 3 amide bonds. The second-order valence-corrected chi connectivity index (χ2v) is 7.10. The number of amides is 3. The highest BCUT2D eigenvalue weighted by atomic mass is 16.6. The van der Waals surface area contributed by atoms with Crippen molar-refractivity contribution in [2.24, 2.45) is 11.1 Å². The highest BCUT2D eigenvalue weighted by Crippen LogP contribution is 2.25. The minimum Gasteiger partial charge on any atom is -0.392 e. The smallest absolute Gasteiger partial charge is 0.332 e. The zero-order chi connectivity index (χ0) is 18.3. The lowest BCUT2D eigenvalue weighted by atomic mass is 10.00. The molecule has 1 aromatic heterocycles. The lowest BCUT2D eigenvalue weighted by Gasteiger charge is -2.19. The van der Waals surface area contributed by atoms with Crippen LogP contribution in [0.3, 0.4) is 0 Å². The van der Waals surface area contributed by atoms with Gasteiger partial charge in [-0.2, -0.15) is 5.10 Å². The van der Waals surface area contributed by atoms with E-state index in [-0.39, 0.29) is 36.6 Å². The quantitative estimate of drug-likeness (QED) is 0.736. The van der Waals surface area contributed by atoms with Crippen LogP contribution in [0.15, 0.2) is 17.5 Å². The minimum absolute atomic E-state index is 0.0143. The first-order chi connectivity index (χ1) is 12.5. The van der Waals surface area contributed by atoms with E-state index in [1.807, 2.05) is 13.8 Å². The maximum Gasteiger partial charge on any atom is 0.332 e. The molecule has 1 aromatic rings. The second kappa shape index (κ2) is 6.71. The third-order valence-corrected chi connectivity index (χ3v) is 5.21. The summed E-state index contributed by atoms with van der Waals surface area (Å²) in [5.74, 6) is -0.105. The molecule has 0 aromatic carbocycles. The van der Waals surface area contributed by atoms with Crippen molar-refractivity contribution in [1.82, 2.24) is 14.7 Å². The van der Waals surface area contributed by atoms with Crippen LogP contribution >= 0.6 is 0 Å². The van der Waals surface area contributed by atoms with Crippen molar-refractivity contribution >= 4 is 23.3 Å². The van der Waals surface area contributed by atoms with Crippen molar-refractivity contribution < 1.29 is 19.2 Å². The molecular formula is C17H23N5O4. The van der Waals surface area contributed by atoms with Gasteiger partial charge in [0.05, 0.1) is 36.2 Å². The first-order valence-corrected chi connectivity index (χ1v) is 8.99. The van der Waals surface area contributed by atoms with Crippen molar-refractivity contribution in [3.8, 4) is 0 Å². The number of nitrogens with zero attached hydrogens (tertiary/aromatic N) is 5. The van der Waals surface area contributed by atoms with Crippen LogP contribution in [0.25, 0.3) is 0 Å². The fourth-order valence-electron chi connectivity index (χ4n) is 3.68. The largest absolute Gasteiger partial charge is 0.392 e. The van der Waals surface area contributed by atoms with E-state index in [9.17, 15) is 9.59 Å². The Morgan fingerprint density at radius 3 is 2.85 bits per heavy atom. The molecule has 0 spiro atoms. The van der Waals surface area contributed by atoms with Crippen molar-refractivity contribution in [2.75, 3.05) is 24.6 Å². The number of hydrogen-bond acceptors (Lipinski definition) is 6. The van der Waals surface area contributed by atoms with Crippen LogP contribution in [-0.2, 0) is 20.9 Å². The maximum atomic E-state index is 12.7. The van der Waals surface area contributed by atoms with Gasteiger partial charge >= 0.3 is 6.03 Å². The van der Waals surface area contributed by atoms with Crippen molar-refractivity contribution in [1.29, 1.82) is 0 Å². The van der Waals surface area contributed by atoms with Gasteiger partial charge in [-0.3, -0.25) is 9.48 Å². The Hall–Kier alpha value is -2.42. The number of hydrogen-bond donors (Lipinski definition) is 0. The Morgan fingerprint density at radius 1 is 1.31 bits per heavy atom. The Bertz CT molecular complexity index is 739. The maximum absolute atomic E-state index is 12.7. The Balaban J connectivity index is 1.44. The Labute approximate surface area is 151 Å². The molecule has 140 valence electrons. The molecule has 3 aliphatic rings. The normalized spacial score (nSPS) is 28.8. The lowest BCUT2D eigenvalue weighted by molar-refractivity contribution is -0.116. The number of imide groups is 1. The third-order valence-electron chi connectivity index (χ3n) is 5.21. The van der Waals surface area contributed by atoms with Gasteiger partial charge in [0.2, 0.25) is 0 Å². The average Bonchev–Trinajstić information content (AvgIpc) is 3.37. The molecule has 9 heteroatoms. The van der Waals surface area contributed by atoms with Crippen LogP contribution in [-0.4, -0.2) is 64.2 Å². The number of carbonyl (C=O) groups excluding carboxylic acids is 2. The molecule has 3 unspecified atom stereocenters. The van der Waals surface area contributed by atoms with E-state index in [4.69, 9.17) is 9.57 Å². The molecule has 0 N–H and O–H groups in total. The molecule has 4 heterocycles. The monoisotopic (exact) mass is 361 g/mol. The van der Waals surface area contributed by atoms with Gasteiger partial charge in [0.15, 0.2) is 0 Å². The molecule has 26 heavy (non-hydrogen) atoms. The molecule has 2 fully saturated rings. The highest BCUT2D eigenvalue weighted by molar-refractivity contribution is 6.19. The van der Waals surface area contributed by atoms with Crippen LogP contribution in [0.5, 0.6) is 0 Å². The molecule has 4 rings (SSSR count). The summed E-state index contributed by atoms with van der Waals surface area (Å²) in [6.45, 7) is 5.75. The van der Waals surface area contributed by atoms with Crippen LogP contribution < -0.4 is 4.90 Å². The Morgan fingerprint density at radius 2 is 2.15 bits per heavy atom. The molecule has 0 aliphatic carbocycles. The van der Waals surface area contributed by atoms with Gasteiger partial charge in [0.25, 0.3) is 5.91 Å². The van der Waals surface area contributed by atoms with Gasteiger partial charge < -0.3 is 14.5 Å². The van der Waals surface area contributed by atoms with Crippen LogP contribution in [0.4, 0.5) is 10.5 Å². The van der Waals surface area contributed by atoms with E-state index in [0.29, 0.717) is 18.8 Å². The fourth-order valence-corrected chi connectivity index (χ4v) is 3.68. The number of urea groups is 1. The van der Waals surface area contributed by atoms with Crippen molar-refractivity contribution in [3.63, 3.8) is 0 Å². The average molecular weight is 361 g/mol. The summed E-state index contributed by atoms with van der Waals surface area (Å²) in [5.41, 5.74) is 1.42. The van der Waals surface area contributed by atoms with E-state index in [1.165, 1.54) is 4.90 Å². The molecule has 3 atom stereocenters. The van der Waals surface area contributed by atoms with Crippen molar-refractivity contribution in [2.45, 2.75) is 45.4 Å². The second-order valence-electron chi connectivity index (χ2n) is 7.10. The first kappa shape index (κ1) is 17.0. The van der Waals surface area contributed by atoms with Gasteiger partial charge in [0.1, 0.15) is 12.6 Å². The molecule has 0 saturated carbocycles. The third kappa shape index (κ3) is 3.07. The van der Waals surface area contributed by atoms with E-state index in [2.05, 4.69) is 10.3 Å². The van der Waals surface area contributed by atoms with Gasteiger partial charge in [-0.1, -0.05) is 5.16 Å². The van der Waals surface area contributed by atoms with Crippen LogP contribution in [0.2, 0.25) is 0 Å². The summed E-state index contributed by atoms with van der Waals surface area (Å²) in [7, 11) is 0. The summed E-state index contributed by atoms with van der Waals surface area (Å²) >= 11 is 0. The Kier molecular flexibility index (Phi) is 4.39. The van der Waals surface area contributed by atoms with Crippen LogP contribution in [0, 0.1) is 5.92 Å². The summed E-state index contributed by atoms with van der Waals surface area (Å²) in [6, 6.07) is -0.305. The molecule has 0 radical (unpaired) electrons. The summed E-state index contributed by atoms with van der Waals surface area (Å²) in [5, 5.41) is 8.31. The number of aromatic nitrogens is 2. The minimum atomic E-state index is -0.305. The van der Waals surface area contributed by atoms with Gasteiger partial charge in [-0.15, -0.1) is 0 Å². The fraction of sp³-hybridized carbons (Fsp3) is 0.647. The number of anilines is 1. The molecular weight excluding hydrogens is 338 g/mol. The zero-order valence-corrected chi connectivity index (χ0v) is 15.0. The van der Waals surface area contributed by atoms with Gasteiger partial charge in [-0.05, 0) is 26.7 Å². The number of rotatable bonds is 5. The predicted molar refractivity (Wildman–Crippen MR) is 92.8 cm³/mol. The lowest BCUT2D eigenvalue weighted by Crippen LogP contribution is -2.36. The zero-order valence-electron chi connectivity index (χ0n) is 15.0. The molecule has 0 bridgehead atoms. The SMILES string of the molecule is CC1=NOC(C)C1Cn1cc(N2C(=O)CN(CC3CCCO3)C2=O)cn1. The predicted octanol–water partition coefficient (Wildman–Crippen LogP) is 1.24. The number of oxime groups is 1. The van der Waals surface area contributed by atoms with E-state index in [1.54, 1.807) is 22.0 Å². The summed E-state index contributed by atoms with van der Waals surface area (Å²) < 4.78 is 7.30. The molecule has 9 nitrogen and oxygen atoms in total. The number of carbonyl (C=O) groups is 2. The summed E-state index contributed by atoms with van der Waals surface area (Å²) in [6.07, 6.45) is 5.23. The van der Waals surface area contributed by atoms with E-state index in [0.717, 1.165) is 25.2 Å². The van der Waals surface area contributed by atoms with E-state index >= 15 is 0 Å². The van der Waals surface area contributed by atoms with E-state index < -0.39 is 0 Å². The highest BCUT2D eigenvalue weighted by Gasteiger charge is 2.39. The van der Waals surface area contributed by atoms with Gasteiger partial charge in [0, 0.05) is 19.3 Å². The van der Waals surface area contributed by atoms with Gasteiger partial charge in [-0.25, -0.2) is 9.69 Å². The summed E-state index contributed by atoms with van der Waals surface area (Å²) in [4.78, 5) is 33.1. The topological polar surface area (TPSA) is 89.3 Å². The van der Waals surface area contributed by atoms with Crippen molar-refractivity contribution in [3.05, 3.63) is 12.4 Å². The standard InChI is InChI=1S/C17H23N5O4/c1-11-15(12(2)26-19-11)9-21-7-13(6-18-21)22-16(23)10-20(17(22)24)8-14-4-3-5-25-14/h6-7,12,14-15H,3-5,8-10H2,1-2H3.